The van der Waals surface area contributed by atoms with Crippen molar-refractivity contribution >= 4 is 28.8 Å². The Bertz CT molecular complexity index is 654. The van der Waals surface area contributed by atoms with Gasteiger partial charge in [-0.25, -0.2) is 0 Å². The summed E-state index contributed by atoms with van der Waals surface area (Å²) >= 11 is 1.38. The summed E-state index contributed by atoms with van der Waals surface area (Å²) in [5.41, 5.74) is 1.91. The van der Waals surface area contributed by atoms with E-state index < -0.39 is 0 Å². The molecule has 23 heavy (non-hydrogen) atoms. The standard InChI is InChI=1S/C17H21N3O2S/c1-20(2)12-13-5-3-6-14(11-13)19-16(21)8-9-18-17(22)15-7-4-10-23-15/h3-7,10-11H,8-9,12H2,1-2H3,(H,18,22)(H,19,21). The Morgan fingerprint density at radius 2 is 2.00 bits per heavy atom. The maximum atomic E-state index is 11.9. The third kappa shape index (κ3) is 5.84. The van der Waals surface area contributed by atoms with Crippen molar-refractivity contribution in [2.45, 2.75) is 13.0 Å². The second-order valence-electron chi connectivity index (χ2n) is 5.47. The minimum atomic E-state index is -0.138. The molecule has 5 nitrogen and oxygen atoms in total. The van der Waals surface area contributed by atoms with Crippen LogP contribution >= 0.6 is 11.3 Å². The average molecular weight is 331 g/mol. The molecule has 0 bridgehead atoms. The van der Waals surface area contributed by atoms with Crippen molar-refractivity contribution in [2.24, 2.45) is 0 Å². The third-order valence-electron chi connectivity index (χ3n) is 3.09. The molecule has 0 unspecified atom stereocenters. The van der Waals surface area contributed by atoms with E-state index >= 15 is 0 Å². The normalized spacial score (nSPS) is 10.6. The molecule has 1 aromatic heterocycles. The molecular weight excluding hydrogens is 310 g/mol. The lowest BCUT2D eigenvalue weighted by Crippen LogP contribution is -2.27. The minimum Gasteiger partial charge on any atom is -0.351 e. The van der Waals surface area contributed by atoms with E-state index in [9.17, 15) is 9.59 Å². The first kappa shape index (κ1) is 17.2. The van der Waals surface area contributed by atoms with E-state index in [2.05, 4.69) is 15.5 Å². The molecule has 122 valence electrons. The molecule has 1 heterocycles. The molecule has 0 fully saturated rings. The fourth-order valence-corrected chi connectivity index (χ4v) is 2.76. The highest BCUT2D eigenvalue weighted by atomic mass is 32.1. The number of hydrogen-bond donors (Lipinski definition) is 2. The fourth-order valence-electron chi connectivity index (χ4n) is 2.12. The van der Waals surface area contributed by atoms with Crippen LogP contribution in [0.3, 0.4) is 0 Å². The van der Waals surface area contributed by atoms with Gasteiger partial charge in [0, 0.05) is 25.2 Å². The zero-order chi connectivity index (χ0) is 16.7. The summed E-state index contributed by atoms with van der Waals surface area (Å²) in [7, 11) is 4.00. The zero-order valence-corrected chi connectivity index (χ0v) is 14.2. The van der Waals surface area contributed by atoms with Crippen molar-refractivity contribution in [3.05, 3.63) is 52.2 Å². The summed E-state index contributed by atoms with van der Waals surface area (Å²) in [6.07, 6.45) is 0.245. The summed E-state index contributed by atoms with van der Waals surface area (Å²) < 4.78 is 0. The maximum Gasteiger partial charge on any atom is 0.261 e. The van der Waals surface area contributed by atoms with Crippen LogP contribution in [0.15, 0.2) is 41.8 Å². The molecular formula is C17H21N3O2S. The monoisotopic (exact) mass is 331 g/mol. The number of rotatable bonds is 7. The molecule has 2 aromatic rings. The van der Waals surface area contributed by atoms with Crippen LogP contribution in [-0.2, 0) is 11.3 Å². The van der Waals surface area contributed by atoms with Crippen molar-refractivity contribution < 1.29 is 9.59 Å². The number of anilines is 1. The number of amides is 2. The first-order chi connectivity index (χ1) is 11.0. The van der Waals surface area contributed by atoms with Gasteiger partial charge in [0.25, 0.3) is 5.91 Å². The number of nitrogens with zero attached hydrogens (tertiary/aromatic N) is 1. The smallest absolute Gasteiger partial charge is 0.261 e. The number of carbonyl (C=O) groups is 2. The molecule has 6 heteroatoms. The van der Waals surface area contributed by atoms with Crippen LogP contribution in [0.5, 0.6) is 0 Å². The Kier molecular flexibility index (Phi) is 6.31. The molecule has 0 saturated carbocycles. The third-order valence-corrected chi connectivity index (χ3v) is 3.96. The van der Waals surface area contributed by atoms with Gasteiger partial charge in [-0.05, 0) is 43.2 Å². The van der Waals surface area contributed by atoms with Crippen molar-refractivity contribution in [3.63, 3.8) is 0 Å². The predicted octanol–water partition coefficient (Wildman–Crippen LogP) is 2.57. The summed E-state index contributed by atoms with van der Waals surface area (Å²) in [6.45, 7) is 1.14. The van der Waals surface area contributed by atoms with Crippen LogP contribution < -0.4 is 10.6 Å². The first-order valence-electron chi connectivity index (χ1n) is 7.40. The predicted molar refractivity (Wildman–Crippen MR) is 93.7 cm³/mol. The molecule has 2 N–H and O–H groups in total. The summed E-state index contributed by atoms with van der Waals surface area (Å²) in [6, 6.07) is 11.4. The second kappa shape index (κ2) is 8.45. The quantitative estimate of drug-likeness (QED) is 0.820. The van der Waals surface area contributed by atoms with E-state index in [-0.39, 0.29) is 18.2 Å². The van der Waals surface area contributed by atoms with Gasteiger partial charge in [0.2, 0.25) is 5.91 Å². The highest BCUT2D eigenvalue weighted by Crippen LogP contribution is 2.12. The SMILES string of the molecule is CN(C)Cc1cccc(NC(=O)CCNC(=O)c2cccs2)c1. The Hall–Kier alpha value is -2.18. The molecule has 2 rings (SSSR count). The summed E-state index contributed by atoms with van der Waals surface area (Å²) in [5.74, 6) is -0.251. The maximum absolute atomic E-state index is 11.9. The minimum absolute atomic E-state index is 0.113. The van der Waals surface area contributed by atoms with Crippen molar-refractivity contribution in [3.8, 4) is 0 Å². The zero-order valence-electron chi connectivity index (χ0n) is 13.3. The molecule has 1 aromatic carbocycles. The Labute approximate surface area is 140 Å². The second-order valence-corrected chi connectivity index (χ2v) is 6.42. The van der Waals surface area contributed by atoms with E-state index in [1.54, 1.807) is 6.07 Å². The summed E-state index contributed by atoms with van der Waals surface area (Å²) in [5, 5.41) is 7.45. The lowest BCUT2D eigenvalue weighted by atomic mass is 10.2. The lowest BCUT2D eigenvalue weighted by molar-refractivity contribution is -0.116. The molecule has 0 atom stereocenters. The molecule has 0 spiro atoms. The van der Waals surface area contributed by atoms with Crippen LogP contribution in [0, 0.1) is 0 Å². The topological polar surface area (TPSA) is 61.4 Å². The largest absolute Gasteiger partial charge is 0.351 e. The lowest BCUT2D eigenvalue weighted by Gasteiger charge is -2.11. The Morgan fingerprint density at radius 1 is 1.17 bits per heavy atom. The van der Waals surface area contributed by atoms with Gasteiger partial charge in [-0.15, -0.1) is 11.3 Å². The Balaban J connectivity index is 1.77. The van der Waals surface area contributed by atoms with Gasteiger partial charge in [-0.1, -0.05) is 18.2 Å². The number of nitrogens with one attached hydrogen (secondary N) is 2. The van der Waals surface area contributed by atoms with E-state index in [0.717, 1.165) is 17.8 Å². The van der Waals surface area contributed by atoms with E-state index in [1.165, 1.54) is 11.3 Å². The van der Waals surface area contributed by atoms with Crippen LogP contribution in [0.2, 0.25) is 0 Å². The molecule has 0 aliphatic heterocycles. The van der Waals surface area contributed by atoms with Gasteiger partial charge >= 0.3 is 0 Å². The van der Waals surface area contributed by atoms with E-state index in [0.29, 0.717) is 11.4 Å². The number of benzene rings is 1. The van der Waals surface area contributed by atoms with Gasteiger partial charge in [0.05, 0.1) is 4.88 Å². The molecule has 0 saturated heterocycles. The van der Waals surface area contributed by atoms with Crippen molar-refractivity contribution in [1.82, 2.24) is 10.2 Å². The molecule has 0 aliphatic carbocycles. The Morgan fingerprint density at radius 3 is 2.70 bits per heavy atom. The van der Waals surface area contributed by atoms with Crippen LogP contribution in [-0.4, -0.2) is 37.4 Å². The van der Waals surface area contributed by atoms with Crippen molar-refractivity contribution in [1.29, 1.82) is 0 Å². The molecule has 0 aliphatic rings. The van der Waals surface area contributed by atoms with Crippen molar-refractivity contribution in [2.75, 3.05) is 26.0 Å². The van der Waals surface area contributed by atoms with Gasteiger partial charge < -0.3 is 15.5 Å². The first-order valence-corrected chi connectivity index (χ1v) is 8.28. The number of thiophene rings is 1. The molecule has 2 amide bonds. The van der Waals surface area contributed by atoms with Crippen LogP contribution in [0.4, 0.5) is 5.69 Å². The van der Waals surface area contributed by atoms with Gasteiger partial charge in [-0.2, -0.15) is 0 Å². The van der Waals surface area contributed by atoms with Gasteiger partial charge in [-0.3, -0.25) is 9.59 Å². The van der Waals surface area contributed by atoms with E-state index in [4.69, 9.17) is 0 Å². The van der Waals surface area contributed by atoms with E-state index in [1.807, 2.05) is 49.8 Å². The van der Waals surface area contributed by atoms with Crippen LogP contribution in [0.25, 0.3) is 0 Å². The highest BCUT2D eigenvalue weighted by molar-refractivity contribution is 7.12. The van der Waals surface area contributed by atoms with Gasteiger partial charge in [0.1, 0.15) is 0 Å². The number of carbonyl (C=O) groups excluding carboxylic acids is 2. The average Bonchev–Trinajstić information content (AvgIpc) is 3.01. The summed E-state index contributed by atoms with van der Waals surface area (Å²) in [4.78, 5) is 26.4. The fraction of sp³-hybridized carbons (Fsp3) is 0.294. The molecule has 0 radical (unpaired) electrons. The highest BCUT2D eigenvalue weighted by Gasteiger charge is 2.08. The van der Waals surface area contributed by atoms with Gasteiger partial charge in [0.15, 0.2) is 0 Å². The number of hydrogen-bond acceptors (Lipinski definition) is 4. The van der Waals surface area contributed by atoms with Crippen LogP contribution in [0.1, 0.15) is 21.7 Å².